The van der Waals surface area contributed by atoms with Crippen molar-refractivity contribution in [1.29, 1.82) is 5.26 Å². The molecule has 0 aliphatic carbocycles. The van der Waals surface area contributed by atoms with E-state index in [1.54, 1.807) is 18.3 Å². The van der Waals surface area contributed by atoms with Crippen molar-refractivity contribution in [3.8, 4) is 6.07 Å². The molecular formula is C12H16N3. The van der Waals surface area contributed by atoms with Crippen molar-refractivity contribution in [1.82, 2.24) is 4.98 Å². The number of nitriles is 1. The van der Waals surface area contributed by atoms with Gasteiger partial charge in [-0.3, -0.25) is 0 Å². The zero-order chi connectivity index (χ0) is 11.5. The molecule has 1 heterocycles. The molecule has 3 nitrogen and oxygen atoms in total. The van der Waals surface area contributed by atoms with Crippen molar-refractivity contribution < 1.29 is 0 Å². The lowest BCUT2D eigenvalue weighted by Crippen LogP contribution is -2.31. The first-order valence-electron chi connectivity index (χ1n) is 4.89. The highest BCUT2D eigenvalue weighted by Crippen LogP contribution is 2.21. The van der Waals surface area contributed by atoms with E-state index in [1.165, 1.54) is 0 Å². The van der Waals surface area contributed by atoms with E-state index in [1.807, 2.05) is 6.07 Å². The highest BCUT2D eigenvalue weighted by molar-refractivity contribution is 5.40. The average molecular weight is 202 g/mol. The molecule has 0 aromatic carbocycles. The third-order valence-electron chi connectivity index (χ3n) is 2.26. The van der Waals surface area contributed by atoms with E-state index in [-0.39, 0.29) is 11.5 Å². The molecule has 0 aliphatic heterocycles. The van der Waals surface area contributed by atoms with Crippen molar-refractivity contribution in [2.75, 3.05) is 5.32 Å². The number of pyridine rings is 1. The number of hydrogen-bond donors (Lipinski definition) is 1. The molecule has 3 heteroatoms. The summed E-state index contributed by atoms with van der Waals surface area (Å²) < 4.78 is 0. The standard InChI is InChI=1S/C12H16N3/c1-9(12(2,3)4)15-11-6-5-10(7-13)8-14-11/h5-6,8-9H,1H2,2-4H3,(H,14,15). The highest BCUT2D eigenvalue weighted by atomic mass is 15.0. The highest BCUT2D eigenvalue weighted by Gasteiger charge is 2.19. The van der Waals surface area contributed by atoms with Crippen LogP contribution in [0.1, 0.15) is 26.3 Å². The molecule has 0 amide bonds. The summed E-state index contributed by atoms with van der Waals surface area (Å²) in [5, 5.41) is 11.8. The van der Waals surface area contributed by atoms with E-state index in [4.69, 9.17) is 5.26 Å². The second-order valence-corrected chi connectivity index (χ2v) is 4.61. The van der Waals surface area contributed by atoms with Crippen LogP contribution in [-0.2, 0) is 0 Å². The summed E-state index contributed by atoms with van der Waals surface area (Å²) in [5.41, 5.74) is 0.646. The summed E-state index contributed by atoms with van der Waals surface area (Å²) in [7, 11) is 0. The molecule has 15 heavy (non-hydrogen) atoms. The van der Waals surface area contributed by atoms with Gasteiger partial charge in [-0.15, -0.1) is 0 Å². The Bertz CT molecular complexity index is 354. The van der Waals surface area contributed by atoms with Crippen LogP contribution < -0.4 is 5.32 Å². The SMILES string of the molecule is [CH2]C(Nc1ccc(C#N)cn1)C(C)(C)C. The van der Waals surface area contributed by atoms with Gasteiger partial charge in [-0.05, 0) is 24.5 Å². The lowest BCUT2D eigenvalue weighted by Gasteiger charge is -2.28. The van der Waals surface area contributed by atoms with Crippen LogP contribution in [0.25, 0.3) is 0 Å². The van der Waals surface area contributed by atoms with Crippen LogP contribution >= 0.6 is 0 Å². The Morgan fingerprint density at radius 2 is 2.13 bits per heavy atom. The largest absolute Gasteiger partial charge is 0.367 e. The molecule has 0 saturated heterocycles. The van der Waals surface area contributed by atoms with Gasteiger partial charge >= 0.3 is 0 Å². The van der Waals surface area contributed by atoms with Crippen LogP contribution in [0.2, 0.25) is 0 Å². The molecule has 1 aromatic heterocycles. The van der Waals surface area contributed by atoms with E-state index < -0.39 is 0 Å². The molecule has 0 bridgehead atoms. The van der Waals surface area contributed by atoms with E-state index in [2.05, 4.69) is 38.0 Å². The zero-order valence-electron chi connectivity index (χ0n) is 9.41. The van der Waals surface area contributed by atoms with Gasteiger partial charge in [0, 0.05) is 12.2 Å². The molecule has 1 N–H and O–H groups in total. The van der Waals surface area contributed by atoms with E-state index >= 15 is 0 Å². The quantitative estimate of drug-likeness (QED) is 0.802. The Kier molecular flexibility index (Phi) is 3.31. The average Bonchev–Trinajstić information content (AvgIpc) is 2.17. The number of anilines is 1. The van der Waals surface area contributed by atoms with Crippen molar-refractivity contribution in [2.45, 2.75) is 26.8 Å². The number of rotatable bonds is 2. The number of nitrogens with one attached hydrogen (secondary N) is 1. The topological polar surface area (TPSA) is 48.7 Å². The second kappa shape index (κ2) is 4.31. The summed E-state index contributed by atoms with van der Waals surface area (Å²) in [6, 6.07) is 5.65. The van der Waals surface area contributed by atoms with Crippen molar-refractivity contribution in [3.63, 3.8) is 0 Å². The molecule has 79 valence electrons. The Morgan fingerprint density at radius 3 is 2.53 bits per heavy atom. The number of hydrogen-bond acceptors (Lipinski definition) is 3. The monoisotopic (exact) mass is 202 g/mol. The Balaban J connectivity index is 2.70. The Morgan fingerprint density at radius 1 is 1.47 bits per heavy atom. The third kappa shape index (κ3) is 3.25. The summed E-state index contributed by atoms with van der Waals surface area (Å²) in [6.07, 6.45) is 1.55. The molecule has 1 unspecified atom stereocenters. The van der Waals surface area contributed by atoms with Crippen LogP contribution in [-0.4, -0.2) is 11.0 Å². The van der Waals surface area contributed by atoms with E-state index in [0.717, 1.165) is 5.82 Å². The number of aromatic nitrogens is 1. The van der Waals surface area contributed by atoms with E-state index in [0.29, 0.717) is 5.56 Å². The van der Waals surface area contributed by atoms with Gasteiger partial charge in [-0.1, -0.05) is 20.8 Å². The van der Waals surface area contributed by atoms with Crippen molar-refractivity contribution in [2.24, 2.45) is 5.41 Å². The summed E-state index contributed by atoms with van der Waals surface area (Å²) in [6.45, 7) is 10.4. The van der Waals surface area contributed by atoms with Crippen LogP contribution in [0.15, 0.2) is 18.3 Å². The van der Waals surface area contributed by atoms with Gasteiger partial charge in [-0.2, -0.15) is 5.26 Å². The second-order valence-electron chi connectivity index (χ2n) is 4.61. The van der Waals surface area contributed by atoms with Gasteiger partial charge in [0.25, 0.3) is 0 Å². The minimum Gasteiger partial charge on any atom is -0.367 e. The first-order chi connectivity index (χ1) is 6.93. The summed E-state index contributed by atoms with van der Waals surface area (Å²) in [4.78, 5) is 4.13. The summed E-state index contributed by atoms with van der Waals surface area (Å²) in [5.74, 6) is 0.754. The molecule has 1 radical (unpaired) electrons. The fourth-order valence-electron chi connectivity index (χ4n) is 0.940. The molecule has 0 fully saturated rings. The first kappa shape index (κ1) is 11.5. The summed E-state index contributed by atoms with van der Waals surface area (Å²) >= 11 is 0. The van der Waals surface area contributed by atoms with Gasteiger partial charge in [0.2, 0.25) is 0 Å². The predicted octanol–water partition coefficient (Wildman–Crippen LogP) is 2.61. The van der Waals surface area contributed by atoms with Crippen LogP contribution in [0, 0.1) is 23.7 Å². The van der Waals surface area contributed by atoms with Gasteiger partial charge in [-0.25, -0.2) is 4.98 Å². The van der Waals surface area contributed by atoms with Crippen LogP contribution in [0.3, 0.4) is 0 Å². The molecule has 0 aliphatic rings. The van der Waals surface area contributed by atoms with Crippen molar-refractivity contribution >= 4 is 5.82 Å². The van der Waals surface area contributed by atoms with Gasteiger partial charge in [0.1, 0.15) is 11.9 Å². The lowest BCUT2D eigenvalue weighted by molar-refractivity contribution is 0.382. The maximum atomic E-state index is 8.62. The normalized spacial score (nSPS) is 13.0. The van der Waals surface area contributed by atoms with Gasteiger partial charge in [0.15, 0.2) is 0 Å². The van der Waals surface area contributed by atoms with Crippen LogP contribution in [0.4, 0.5) is 5.82 Å². The van der Waals surface area contributed by atoms with Gasteiger partial charge in [0.05, 0.1) is 5.56 Å². The number of nitrogens with zero attached hydrogens (tertiary/aromatic N) is 2. The maximum Gasteiger partial charge on any atom is 0.126 e. The molecule has 0 spiro atoms. The lowest BCUT2D eigenvalue weighted by atomic mass is 9.88. The third-order valence-corrected chi connectivity index (χ3v) is 2.26. The zero-order valence-corrected chi connectivity index (χ0v) is 9.41. The predicted molar refractivity (Wildman–Crippen MR) is 61.2 cm³/mol. The fraction of sp³-hybridized carbons (Fsp3) is 0.417. The fourth-order valence-corrected chi connectivity index (χ4v) is 0.940. The van der Waals surface area contributed by atoms with Gasteiger partial charge < -0.3 is 5.32 Å². The first-order valence-corrected chi connectivity index (χ1v) is 4.89. The van der Waals surface area contributed by atoms with Crippen LogP contribution in [0.5, 0.6) is 0 Å². The molecule has 1 atom stereocenters. The van der Waals surface area contributed by atoms with Crippen molar-refractivity contribution in [3.05, 3.63) is 30.8 Å². The molecule has 1 rings (SSSR count). The molecule has 0 saturated carbocycles. The minimum absolute atomic E-state index is 0.0789. The molecular weight excluding hydrogens is 186 g/mol. The smallest absolute Gasteiger partial charge is 0.126 e. The Labute approximate surface area is 91.1 Å². The molecule has 1 aromatic rings. The minimum atomic E-state index is 0.0789. The Hall–Kier alpha value is -1.56. The van der Waals surface area contributed by atoms with E-state index in [9.17, 15) is 0 Å². The maximum absolute atomic E-state index is 8.62.